The summed E-state index contributed by atoms with van der Waals surface area (Å²) in [6.07, 6.45) is 0. The van der Waals surface area contributed by atoms with Crippen molar-refractivity contribution >= 4 is 63.2 Å². The Bertz CT molecular complexity index is 1500. The zero-order chi connectivity index (χ0) is 25.1. The standard InChI is InChI=1S/C25H13Cl3FN3O3/c26-17-4-1-3-15-21(11-19(28)16(12-30)22(15)17)35-14-9-7-13(8-10-14)31-25(34)32-24(33)23-18(27)5-2-6-20(23)29/h1-11H,(H2,31,32,33,34). The lowest BCUT2D eigenvalue weighted by molar-refractivity contribution is 0.0963. The number of imide groups is 1. The second kappa shape index (κ2) is 10.2. The molecular formula is C25H13Cl3FN3O3. The molecule has 0 fully saturated rings. The Morgan fingerprint density at radius 1 is 0.914 bits per heavy atom. The van der Waals surface area contributed by atoms with Crippen LogP contribution < -0.4 is 15.4 Å². The van der Waals surface area contributed by atoms with Crippen LogP contribution in [0.1, 0.15) is 15.9 Å². The molecule has 0 aliphatic rings. The van der Waals surface area contributed by atoms with E-state index < -0.39 is 23.3 Å². The van der Waals surface area contributed by atoms with E-state index in [-0.39, 0.29) is 15.6 Å². The monoisotopic (exact) mass is 527 g/mol. The normalized spacial score (nSPS) is 10.5. The Morgan fingerprint density at radius 2 is 1.60 bits per heavy atom. The quantitative estimate of drug-likeness (QED) is 0.286. The van der Waals surface area contributed by atoms with E-state index in [1.54, 1.807) is 30.3 Å². The summed E-state index contributed by atoms with van der Waals surface area (Å²) >= 11 is 18.4. The van der Waals surface area contributed by atoms with Gasteiger partial charge in [-0.2, -0.15) is 5.26 Å². The topological polar surface area (TPSA) is 91.2 Å². The van der Waals surface area contributed by atoms with Crippen molar-refractivity contribution in [3.05, 3.63) is 98.7 Å². The van der Waals surface area contributed by atoms with Crippen molar-refractivity contribution in [2.45, 2.75) is 0 Å². The summed E-state index contributed by atoms with van der Waals surface area (Å²) in [6, 6.07) is 17.8. The lowest BCUT2D eigenvalue weighted by Crippen LogP contribution is -2.35. The van der Waals surface area contributed by atoms with Gasteiger partial charge in [-0.1, -0.05) is 53.0 Å². The Morgan fingerprint density at radius 3 is 2.29 bits per heavy atom. The highest BCUT2D eigenvalue weighted by molar-refractivity contribution is 6.38. The molecule has 4 aromatic rings. The lowest BCUT2D eigenvalue weighted by atomic mass is 10.0. The van der Waals surface area contributed by atoms with Gasteiger partial charge in [0.15, 0.2) is 0 Å². The van der Waals surface area contributed by atoms with Gasteiger partial charge in [0.1, 0.15) is 23.4 Å². The van der Waals surface area contributed by atoms with Crippen LogP contribution in [0.25, 0.3) is 10.8 Å². The van der Waals surface area contributed by atoms with Crippen molar-refractivity contribution in [1.29, 1.82) is 5.26 Å². The zero-order valence-electron chi connectivity index (χ0n) is 17.5. The van der Waals surface area contributed by atoms with E-state index in [0.29, 0.717) is 33.0 Å². The second-order valence-corrected chi connectivity index (χ2v) is 8.36. The number of urea groups is 1. The zero-order valence-corrected chi connectivity index (χ0v) is 19.8. The molecule has 10 heteroatoms. The van der Waals surface area contributed by atoms with Gasteiger partial charge >= 0.3 is 6.03 Å². The first-order valence-corrected chi connectivity index (χ1v) is 11.1. The molecule has 0 aromatic heterocycles. The molecule has 0 aliphatic heterocycles. The first-order valence-electron chi connectivity index (χ1n) is 9.93. The molecule has 4 rings (SSSR count). The Balaban J connectivity index is 1.49. The first-order chi connectivity index (χ1) is 16.8. The van der Waals surface area contributed by atoms with Crippen LogP contribution in [0, 0.1) is 17.1 Å². The highest BCUT2D eigenvalue weighted by Crippen LogP contribution is 2.39. The summed E-state index contributed by atoms with van der Waals surface area (Å²) in [6.45, 7) is 0. The van der Waals surface area contributed by atoms with E-state index >= 15 is 0 Å². The Labute approximate surface area is 213 Å². The van der Waals surface area contributed by atoms with E-state index in [2.05, 4.69) is 11.4 Å². The molecular weight excluding hydrogens is 516 g/mol. The third-order valence-corrected chi connectivity index (χ3v) is 5.82. The number of carbonyl (C=O) groups excluding carboxylic acids is 2. The molecule has 0 bridgehead atoms. The minimum absolute atomic E-state index is 0.117. The lowest BCUT2D eigenvalue weighted by Gasteiger charge is -2.13. The number of hydrogen-bond donors (Lipinski definition) is 2. The van der Waals surface area contributed by atoms with Gasteiger partial charge in [0, 0.05) is 27.5 Å². The van der Waals surface area contributed by atoms with Crippen molar-refractivity contribution < 1.29 is 18.7 Å². The molecule has 3 amide bonds. The van der Waals surface area contributed by atoms with Crippen molar-refractivity contribution in [2.75, 3.05) is 5.32 Å². The van der Waals surface area contributed by atoms with Crippen LogP contribution in [0.2, 0.25) is 15.1 Å². The van der Waals surface area contributed by atoms with Crippen molar-refractivity contribution in [2.24, 2.45) is 0 Å². The molecule has 2 N–H and O–H groups in total. The number of anilines is 1. The smallest absolute Gasteiger partial charge is 0.326 e. The Kier molecular flexibility index (Phi) is 7.08. The number of ether oxygens (including phenoxy) is 1. The fraction of sp³-hybridized carbons (Fsp3) is 0. The van der Waals surface area contributed by atoms with Gasteiger partial charge in [0.25, 0.3) is 5.91 Å². The van der Waals surface area contributed by atoms with Gasteiger partial charge in [0.05, 0.1) is 21.2 Å². The first kappa shape index (κ1) is 24.3. The fourth-order valence-electron chi connectivity index (χ4n) is 3.34. The molecule has 0 unspecified atom stereocenters. The number of nitriles is 1. The number of benzene rings is 4. The maximum Gasteiger partial charge on any atom is 0.326 e. The average Bonchev–Trinajstić information content (AvgIpc) is 2.81. The highest BCUT2D eigenvalue weighted by atomic mass is 35.5. The van der Waals surface area contributed by atoms with Gasteiger partial charge in [0.2, 0.25) is 0 Å². The number of carbonyl (C=O) groups is 2. The van der Waals surface area contributed by atoms with Gasteiger partial charge in [-0.05, 0) is 42.5 Å². The number of halogens is 4. The molecule has 35 heavy (non-hydrogen) atoms. The molecule has 0 saturated carbocycles. The molecule has 0 saturated heterocycles. The van der Waals surface area contributed by atoms with Crippen molar-refractivity contribution in [1.82, 2.24) is 5.32 Å². The molecule has 174 valence electrons. The predicted octanol–water partition coefficient (Wildman–Crippen LogP) is 7.56. The van der Waals surface area contributed by atoms with Gasteiger partial charge < -0.3 is 10.1 Å². The molecule has 6 nitrogen and oxygen atoms in total. The van der Waals surface area contributed by atoms with Gasteiger partial charge in [-0.15, -0.1) is 0 Å². The molecule has 0 spiro atoms. The summed E-state index contributed by atoms with van der Waals surface area (Å²) in [5.41, 5.74) is 0.158. The van der Waals surface area contributed by atoms with E-state index in [9.17, 15) is 19.2 Å². The summed E-state index contributed by atoms with van der Waals surface area (Å²) in [4.78, 5) is 24.4. The van der Waals surface area contributed by atoms with Crippen LogP contribution in [0.15, 0.2) is 66.7 Å². The molecule has 0 radical (unpaired) electrons. The number of nitrogens with one attached hydrogen (secondary N) is 2. The largest absolute Gasteiger partial charge is 0.457 e. The molecule has 0 atom stereocenters. The third kappa shape index (κ3) is 5.15. The summed E-state index contributed by atoms with van der Waals surface area (Å²) in [7, 11) is 0. The predicted molar refractivity (Wildman–Crippen MR) is 133 cm³/mol. The maximum atomic E-state index is 13.9. The third-order valence-electron chi connectivity index (χ3n) is 4.89. The maximum absolute atomic E-state index is 13.9. The average molecular weight is 529 g/mol. The number of hydrogen-bond acceptors (Lipinski definition) is 4. The number of amides is 3. The molecule has 0 aliphatic carbocycles. The van der Waals surface area contributed by atoms with Gasteiger partial charge in [-0.25, -0.2) is 9.18 Å². The number of rotatable bonds is 4. The van der Waals surface area contributed by atoms with Crippen LogP contribution in [0.3, 0.4) is 0 Å². The minimum atomic E-state index is -0.978. The van der Waals surface area contributed by atoms with Crippen molar-refractivity contribution in [3.8, 4) is 17.6 Å². The van der Waals surface area contributed by atoms with Crippen LogP contribution in [-0.2, 0) is 0 Å². The molecule has 4 aromatic carbocycles. The van der Waals surface area contributed by atoms with Gasteiger partial charge in [-0.3, -0.25) is 10.1 Å². The van der Waals surface area contributed by atoms with Crippen LogP contribution in [0.4, 0.5) is 14.9 Å². The second-order valence-electron chi connectivity index (χ2n) is 7.14. The van der Waals surface area contributed by atoms with Crippen molar-refractivity contribution in [3.63, 3.8) is 0 Å². The summed E-state index contributed by atoms with van der Waals surface area (Å²) < 4.78 is 19.8. The van der Waals surface area contributed by atoms with E-state index in [0.717, 1.165) is 6.07 Å². The van der Waals surface area contributed by atoms with E-state index in [4.69, 9.17) is 39.5 Å². The Hall–Kier alpha value is -3.83. The molecule has 0 heterocycles. The van der Waals surface area contributed by atoms with E-state index in [1.807, 2.05) is 5.32 Å². The number of nitrogens with zero attached hydrogens (tertiary/aromatic N) is 1. The highest BCUT2D eigenvalue weighted by Gasteiger charge is 2.18. The van der Waals surface area contributed by atoms with Crippen LogP contribution in [-0.4, -0.2) is 11.9 Å². The fourth-order valence-corrected chi connectivity index (χ4v) is 4.09. The minimum Gasteiger partial charge on any atom is -0.457 e. The number of fused-ring (bicyclic) bond motifs is 1. The van der Waals surface area contributed by atoms with Crippen LogP contribution >= 0.6 is 34.8 Å². The van der Waals surface area contributed by atoms with Crippen LogP contribution in [0.5, 0.6) is 11.5 Å². The van der Waals surface area contributed by atoms with E-state index in [1.165, 1.54) is 30.3 Å². The summed E-state index contributed by atoms with van der Waals surface area (Å²) in [5, 5.41) is 15.5. The summed E-state index contributed by atoms with van der Waals surface area (Å²) in [5.74, 6) is -1.03. The SMILES string of the molecule is N#Cc1c(Cl)cc(Oc2ccc(NC(=O)NC(=O)c3c(F)cccc3Cl)cc2)c2cccc(Cl)c12.